The molecule has 4 rings (SSSR count). The van der Waals surface area contributed by atoms with Crippen molar-refractivity contribution in [1.82, 2.24) is 4.98 Å². The molecule has 0 radical (unpaired) electrons. The van der Waals surface area contributed by atoms with Crippen LogP contribution in [0.25, 0.3) is 10.2 Å². The van der Waals surface area contributed by atoms with Gasteiger partial charge in [0.2, 0.25) is 5.91 Å². The lowest BCUT2D eigenvalue weighted by molar-refractivity contribution is -0.118. The zero-order valence-electron chi connectivity index (χ0n) is 18.0. The molecule has 1 saturated heterocycles. The van der Waals surface area contributed by atoms with Crippen molar-refractivity contribution in [3.63, 3.8) is 0 Å². The van der Waals surface area contributed by atoms with Gasteiger partial charge in [-0.05, 0) is 61.2 Å². The van der Waals surface area contributed by atoms with E-state index in [-0.39, 0.29) is 12.0 Å². The second kappa shape index (κ2) is 10.5. The van der Waals surface area contributed by atoms with Crippen molar-refractivity contribution in [1.29, 1.82) is 0 Å². The number of thiazole rings is 1. The second-order valence-electron chi connectivity index (χ2n) is 7.57. The summed E-state index contributed by atoms with van der Waals surface area (Å²) < 4.78 is 12.2. The van der Waals surface area contributed by atoms with Gasteiger partial charge in [0.15, 0.2) is 5.13 Å². The molecule has 0 spiro atoms. The number of nitrogens with zero attached hydrogens (tertiary/aromatic N) is 2. The van der Waals surface area contributed by atoms with Crippen molar-refractivity contribution in [2.45, 2.75) is 43.6 Å². The van der Waals surface area contributed by atoms with Crippen LogP contribution < -0.4 is 9.64 Å². The molecule has 1 amide bonds. The molecule has 3 aromatic rings. The molecule has 0 saturated carbocycles. The molecule has 5 nitrogen and oxygen atoms in total. The van der Waals surface area contributed by atoms with Gasteiger partial charge in [-0.1, -0.05) is 24.3 Å². The van der Waals surface area contributed by atoms with Gasteiger partial charge < -0.3 is 9.47 Å². The number of carbonyl (C=O) groups excluding carboxylic acids is 1. The molecule has 1 atom stereocenters. The molecule has 1 fully saturated rings. The standard InChI is InChI=1S/C24H28N2O3S2/c1-3-17-6-11-21-22(15-17)31-24(25-21)26(16-19-5-4-13-29-19)23(27)12-14-30-20-9-7-18(28-2)8-10-20/h6-11,15,19H,3-5,12-14,16H2,1-2H3. The molecule has 31 heavy (non-hydrogen) atoms. The van der Waals surface area contributed by atoms with Crippen molar-refractivity contribution < 1.29 is 14.3 Å². The van der Waals surface area contributed by atoms with Gasteiger partial charge >= 0.3 is 0 Å². The smallest absolute Gasteiger partial charge is 0.229 e. The van der Waals surface area contributed by atoms with Gasteiger partial charge in [-0.3, -0.25) is 9.69 Å². The van der Waals surface area contributed by atoms with E-state index in [4.69, 9.17) is 14.5 Å². The monoisotopic (exact) mass is 456 g/mol. The van der Waals surface area contributed by atoms with Gasteiger partial charge in [0.1, 0.15) is 5.75 Å². The van der Waals surface area contributed by atoms with E-state index in [0.29, 0.717) is 13.0 Å². The Labute approximate surface area is 191 Å². The third-order valence-corrected chi connectivity index (χ3v) is 7.49. The highest BCUT2D eigenvalue weighted by atomic mass is 32.2. The quantitative estimate of drug-likeness (QED) is 0.395. The fourth-order valence-electron chi connectivity index (χ4n) is 3.63. The number of ether oxygens (including phenoxy) is 2. The maximum atomic E-state index is 13.2. The molecule has 0 bridgehead atoms. The molecule has 0 N–H and O–H groups in total. The van der Waals surface area contributed by atoms with Gasteiger partial charge in [-0.25, -0.2) is 4.98 Å². The average molecular weight is 457 g/mol. The Morgan fingerprint density at radius 1 is 1.29 bits per heavy atom. The van der Waals surface area contributed by atoms with Gasteiger partial charge in [-0.15, -0.1) is 11.8 Å². The summed E-state index contributed by atoms with van der Waals surface area (Å²) >= 11 is 3.28. The Morgan fingerprint density at radius 2 is 2.13 bits per heavy atom. The highest BCUT2D eigenvalue weighted by Crippen LogP contribution is 2.31. The first-order chi connectivity index (χ1) is 15.2. The minimum atomic E-state index is 0.0939. The number of aryl methyl sites for hydroxylation is 1. The van der Waals surface area contributed by atoms with Gasteiger partial charge in [-0.2, -0.15) is 0 Å². The number of anilines is 1. The van der Waals surface area contributed by atoms with E-state index in [0.717, 1.165) is 57.6 Å². The van der Waals surface area contributed by atoms with Crippen LogP contribution in [0.15, 0.2) is 47.4 Å². The molecule has 2 heterocycles. The van der Waals surface area contributed by atoms with Crippen LogP contribution in [-0.4, -0.2) is 43.0 Å². The Bertz CT molecular complexity index is 1010. The number of methoxy groups -OCH3 is 1. The van der Waals surface area contributed by atoms with Crippen LogP contribution in [0, 0.1) is 0 Å². The molecule has 0 aliphatic carbocycles. The van der Waals surface area contributed by atoms with Gasteiger partial charge in [0.25, 0.3) is 0 Å². The Kier molecular flexibility index (Phi) is 7.48. The largest absolute Gasteiger partial charge is 0.497 e. The van der Waals surface area contributed by atoms with E-state index in [9.17, 15) is 4.79 Å². The van der Waals surface area contributed by atoms with E-state index < -0.39 is 0 Å². The highest BCUT2D eigenvalue weighted by molar-refractivity contribution is 7.99. The number of benzene rings is 2. The molecular weight excluding hydrogens is 428 g/mol. The number of fused-ring (bicyclic) bond motifs is 1. The average Bonchev–Trinajstić information content (AvgIpc) is 3.46. The lowest BCUT2D eigenvalue weighted by Crippen LogP contribution is -2.37. The number of hydrogen-bond acceptors (Lipinski definition) is 6. The van der Waals surface area contributed by atoms with Crippen LogP contribution in [0.5, 0.6) is 5.75 Å². The second-order valence-corrected chi connectivity index (χ2v) is 9.74. The summed E-state index contributed by atoms with van der Waals surface area (Å²) in [6.07, 6.45) is 3.59. The summed E-state index contributed by atoms with van der Waals surface area (Å²) in [5.74, 6) is 1.66. The Balaban J connectivity index is 1.46. The summed E-state index contributed by atoms with van der Waals surface area (Å²) in [4.78, 5) is 21.0. The number of hydrogen-bond donors (Lipinski definition) is 0. The number of rotatable bonds is 9. The Hall–Kier alpha value is -2.09. The molecule has 1 aromatic heterocycles. The third-order valence-electron chi connectivity index (χ3n) is 5.44. The van der Waals surface area contributed by atoms with Gasteiger partial charge in [0, 0.05) is 23.7 Å². The van der Waals surface area contributed by atoms with E-state index >= 15 is 0 Å². The number of aromatic nitrogens is 1. The van der Waals surface area contributed by atoms with Crippen molar-refractivity contribution in [3.8, 4) is 5.75 Å². The molecule has 2 aromatic carbocycles. The molecule has 164 valence electrons. The van der Waals surface area contributed by atoms with Crippen molar-refractivity contribution >= 4 is 44.4 Å². The first-order valence-corrected chi connectivity index (χ1v) is 12.5. The fraction of sp³-hybridized carbons (Fsp3) is 0.417. The fourth-order valence-corrected chi connectivity index (χ4v) is 5.53. The van der Waals surface area contributed by atoms with E-state index in [1.165, 1.54) is 5.56 Å². The van der Waals surface area contributed by atoms with Crippen LogP contribution in [0.3, 0.4) is 0 Å². The van der Waals surface area contributed by atoms with Crippen molar-refractivity contribution in [2.24, 2.45) is 0 Å². The van der Waals surface area contributed by atoms with Crippen LogP contribution in [-0.2, 0) is 16.0 Å². The molecule has 1 aliphatic rings. The Morgan fingerprint density at radius 3 is 2.84 bits per heavy atom. The maximum absolute atomic E-state index is 13.2. The van der Waals surface area contributed by atoms with Crippen LogP contribution in [0.1, 0.15) is 31.7 Å². The summed E-state index contributed by atoms with van der Waals surface area (Å²) in [6, 6.07) is 14.3. The lowest BCUT2D eigenvalue weighted by atomic mass is 10.2. The topological polar surface area (TPSA) is 51.7 Å². The van der Waals surface area contributed by atoms with E-state index in [2.05, 4.69) is 25.1 Å². The summed E-state index contributed by atoms with van der Waals surface area (Å²) in [5, 5.41) is 0.776. The van der Waals surface area contributed by atoms with Crippen molar-refractivity contribution in [2.75, 3.05) is 30.9 Å². The van der Waals surface area contributed by atoms with Crippen LogP contribution in [0.2, 0.25) is 0 Å². The normalized spacial score (nSPS) is 16.0. The number of amides is 1. The summed E-state index contributed by atoms with van der Waals surface area (Å²) in [5.41, 5.74) is 2.24. The van der Waals surface area contributed by atoms with E-state index in [1.807, 2.05) is 29.2 Å². The third kappa shape index (κ3) is 5.59. The maximum Gasteiger partial charge on any atom is 0.229 e. The molecule has 7 heteroatoms. The zero-order valence-corrected chi connectivity index (χ0v) is 19.6. The minimum Gasteiger partial charge on any atom is -0.497 e. The molecular formula is C24H28N2O3S2. The molecule has 1 unspecified atom stereocenters. The van der Waals surface area contributed by atoms with Crippen molar-refractivity contribution in [3.05, 3.63) is 48.0 Å². The summed E-state index contributed by atoms with van der Waals surface area (Å²) in [6.45, 7) is 3.50. The van der Waals surface area contributed by atoms with Crippen LogP contribution >= 0.6 is 23.1 Å². The predicted molar refractivity (Wildman–Crippen MR) is 129 cm³/mol. The van der Waals surface area contributed by atoms with Crippen LogP contribution in [0.4, 0.5) is 5.13 Å². The SMILES string of the molecule is CCc1ccc2nc(N(CC3CCCO3)C(=O)CCSc3ccc(OC)cc3)sc2c1. The molecule has 1 aliphatic heterocycles. The number of thioether (sulfide) groups is 1. The zero-order chi connectivity index (χ0) is 21.6. The van der Waals surface area contributed by atoms with Gasteiger partial charge in [0.05, 0.1) is 30.0 Å². The number of carbonyl (C=O) groups is 1. The van der Waals surface area contributed by atoms with E-state index in [1.54, 1.807) is 30.2 Å². The lowest BCUT2D eigenvalue weighted by Gasteiger charge is -2.23. The minimum absolute atomic E-state index is 0.0939. The first kappa shape index (κ1) is 22.1. The predicted octanol–water partition coefficient (Wildman–Crippen LogP) is 5.56. The first-order valence-electron chi connectivity index (χ1n) is 10.7. The highest BCUT2D eigenvalue weighted by Gasteiger charge is 2.26. The summed E-state index contributed by atoms with van der Waals surface area (Å²) in [7, 11) is 1.66.